The molecule has 11 heteroatoms. The van der Waals surface area contributed by atoms with Crippen molar-refractivity contribution in [2.75, 3.05) is 31.7 Å². The molecule has 4 rings (SSSR count). The quantitative estimate of drug-likeness (QED) is 0.568. The van der Waals surface area contributed by atoms with E-state index in [1.54, 1.807) is 12.1 Å². The number of carbonyl (C=O) groups excluding carboxylic acids is 1. The number of hydrogen-bond acceptors (Lipinski definition) is 6. The van der Waals surface area contributed by atoms with Gasteiger partial charge in [-0.2, -0.15) is 13.2 Å². The number of nitrogens with zero attached hydrogens (tertiary/aromatic N) is 4. The first-order chi connectivity index (χ1) is 15.8. The van der Waals surface area contributed by atoms with Crippen LogP contribution in [0.3, 0.4) is 0 Å². The minimum atomic E-state index is -4.66. The first kappa shape index (κ1) is 22.6. The van der Waals surface area contributed by atoms with Crippen LogP contribution in [0.25, 0.3) is 22.5 Å². The summed E-state index contributed by atoms with van der Waals surface area (Å²) >= 11 is 0. The van der Waals surface area contributed by atoms with Crippen molar-refractivity contribution in [2.24, 2.45) is 0 Å². The predicted octanol–water partition coefficient (Wildman–Crippen LogP) is 3.31. The van der Waals surface area contributed by atoms with Crippen LogP contribution in [-0.4, -0.2) is 53.7 Å². The van der Waals surface area contributed by atoms with Gasteiger partial charge < -0.3 is 15.0 Å². The van der Waals surface area contributed by atoms with Crippen LogP contribution >= 0.6 is 0 Å². The summed E-state index contributed by atoms with van der Waals surface area (Å²) < 4.78 is 58.3. The van der Waals surface area contributed by atoms with Crippen molar-refractivity contribution >= 4 is 11.7 Å². The van der Waals surface area contributed by atoms with Crippen molar-refractivity contribution in [3.8, 4) is 22.5 Å². The van der Waals surface area contributed by atoms with Gasteiger partial charge in [-0.3, -0.25) is 9.78 Å². The van der Waals surface area contributed by atoms with Gasteiger partial charge in [0.05, 0.1) is 29.2 Å². The Morgan fingerprint density at radius 3 is 2.55 bits per heavy atom. The molecule has 0 radical (unpaired) electrons. The van der Waals surface area contributed by atoms with Crippen molar-refractivity contribution in [1.82, 2.24) is 20.3 Å². The monoisotopic (exact) mass is 461 g/mol. The lowest BCUT2D eigenvalue weighted by Crippen LogP contribution is -2.60. The fourth-order valence-corrected chi connectivity index (χ4v) is 3.48. The topological polar surface area (TPSA) is 80.2 Å². The number of benzene rings is 1. The molecule has 3 aromatic rings. The first-order valence-electron chi connectivity index (χ1n) is 9.94. The van der Waals surface area contributed by atoms with E-state index in [1.807, 2.05) is 4.90 Å². The van der Waals surface area contributed by atoms with Gasteiger partial charge in [0, 0.05) is 43.7 Å². The average molecular weight is 461 g/mol. The Morgan fingerprint density at radius 1 is 1.18 bits per heavy atom. The Labute approximate surface area is 186 Å². The average Bonchev–Trinajstić information content (AvgIpc) is 2.76. The third-order valence-corrected chi connectivity index (χ3v) is 5.11. The highest BCUT2D eigenvalue weighted by Gasteiger charge is 2.32. The molecule has 1 saturated heterocycles. The Kier molecular flexibility index (Phi) is 6.23. The van der Waals surface area contributed by atoms with Crippen LogP contribution in [0.1, 0.15) is 5.56 Å². The van der Waals surface area contributed by atoms with Gasteiger partial charge in [-0.25, -0.2) is 14.4 Å². The number of aromatic nitrogens is 3. The highest BCUT2D eigenvalue weighted by atomic mass is 19.4. The van der Waals surface area contributed by atoms with Crippen molar-refractivity contribution < 1.29 is 27.1 Å². The molecule has 2 aromatic heterocycles. The fraction of sp³-hybridized carbons (Fsp3) is 0.273. The van der Waals surface area contributed by atoms with Crippen LogP contribution in [0.2, 0.25) is 0 Å². The van der Waals surface area contributed by atoms with E-state index in [0.717, 1.165) is 12.1 Å². The zero-order chi connectivity index (χ0) is 23.6. The third kappa shape index (κ3) is 4.92. The molecule has 0 saturated carbocycles. The second-order valence-corrected chi connectivity index (χ2v) is 7.46. The molecule has 172 valence electrons. The number of alkyl halides is 3. The Hall–Kier alpha value is -3.60. The molecule has 3 heterocycles. The summed E-state index contributed by atoms with van der Waals surface area (Å²) in [6.07, 6.45) is -0.164. The summed E-state index contributed by atoms with van der Waals surface area (Å²) in [6, 6.07) is 5.55. The van der Waals surface area contributed by atoms with Crippen LogP contribution in [0.5, 0.6) is 0 Å². The van der Waals surface area contributed by atoms with Gasteiger partial charge in [-0.1, -0.05) is 0 Å². The zero-order valence-corrected chi connectivity index (χ0v) is 17.4. The van der Waals surface area contributed by atoms with E-state index < -0.39 is 17.6 Å². The maximum Gasteiger partial charge on any atom is 0.416 e. The molecule has 7 nitrogen and oxygen atoms in total. The Morgan fingerprint density at radius 2 is 1.91 bits per heavy atom. The van der Waals surface area contributed by atoms with Gasteiger partial charge in [0.15, 0.2) is 0 Å². The number of halogens is 4. The molecule has 0 unspecified atom stereocenters. The lowest BCUT2D eigenvalue weighted by atomic mass is 10.0. The van der Waals surface area contributed by atoms with E-state index >= 15 is 0 Å². The summed E-state index contributed by atoms with van der Waals surface area (Å²) in [5.41, 5.74) is -0.177. The second kappa shape index (κ2) is 9.10. The molecular formula is C22H19F4N5O2. The number of hydrogen-bond donors (Lipinski definition) is 1. The van der Waals surface area contributed by atoms with Crippen LogP contribution in [0, 0.1) is 5.82 Å². The van der Waals surface area contributed by atoms with Gasteiger partial charge >= 0.3 is 6.18 Å². The van der Waals surface area contributed by atoms with E-state index in [1.165, 1.54) is 25.7 Å². The largest absolute Gasteiger partial charge is 0.416 e. The zero-order valence-electron chi connectivity index (χ0n) is 17.4. The number of methoxy groups -OCH3 is 1. The van der Waals surface area contributed by atoms with Crippen molar-refractivity contribution in [3.63, 3.8) is 0 Å². The van der Waals surface area contributed by atoms with E-state index in [4.69, 9.17) is 4.74 Å². The minimum Gasteiger partial charge on any atom is -0.375 e. The lowest BCUT2D eigenvalue weighted by Gasteiger charge is -2.40. The molecular weight excluding hydrogens is 442 g/mol. The number of rotatable bonds is 6. The van der Waals surface area contributed by atoms with Crippen molar-refractivity contribution in [1.29, 1.82) is 0 Å². The van der Waals surface area contributed by atoms with Crippen LogP contribution in [-0.2, 0) is 15.7 Å². The van der Waals surface area contributed by atoms with E-state index in [9.17, 15) is 22.4 Å². The molecule has 0 aliphatic carbocycles. The van der Waals surface area contributed by atoms with Crippen molar-refractivity contribution in [2.45, 2.75) is 12.2 Å². The number of carbonyl (C=O) groups is 1. The molecule has 1 aliphatic rings. The molecule has 0 spiro atoms. The van der Waals surface area contributed by atoms with Crippen molar-refractivity contribution in [3.05, 3.63) is 60.3 Å². The summed E-state index contributed by atoms with van der Waals surface area (Å²) in [5.74, 6) is -0.777. The summed E-state index contributed by atoms with van der Waals surface area (Å²) in [7, 11) is 1.43. The predicted molar refractivity (Wildman–Crippen MR) is 112 cm³/mol. The second-order valence-electron chi connectivity index (χ2n) is 7.46. The standard InChI is InChI=1S/C22H19F4N5O2/c1-33-12-19(32)29-15-10-31(11-15)18-9-28-21(20(30-18)13-4-6-27-7-5-13)16-3-2-14(8-17(16)23)22(24,25)26/h2-9,15H,10-12H2,1H3,(H,29,32). The van der Waals surface area contributed by atoms with E-state index in [-0.39, 0.29) is 29.8 Å². The van der Waals surface area contributed by atoms with Gasteiger partial charge in [-0.15, -0.1) is 0 Å². The van der Waals surface area contributed by atoms with Gasteiger partial charge in [0.25, 0.3) is 0 Å². The molecule has 0 atom stereocenters. The molecule has 1 fully saturated rings. The molecule has 1 aliphatic heterocycles. The highest BCUT2D eigenvalue weighted by Crippen LogP contribution is 2.36. The third-order valence-electron chi connectivity index (χ3n) is 5.11. The Bertz CT molecular complexity index is 1150. The van der Waals surface area contributed by atoms with E-state index in [2.05, 4.69) is 20.3 Å². The highest BCUT2D eigenvalue weighted by molar-refractivity contribution is 5.80. The normalized spacial score (nSPS) is 14.2. The summed E-state index contributed by atoms with van der Waals surface area (Å²) in [5, 5.41) is 2.82. The molecule has 1 amide bonds. The van der Waals surface area contributed by atoms with Crippen LogP contribution in [0.15, 0.2) is 48.9 Å². The molecule has 1 aromatic carbocycles. The first-order valence-corrected chi connectivity index (χ1v) is 9.94. The summed E-state index contributed by atoms with van der Waals surface area (Å²) in [6.45, 7) is 0.956. The lowest BCUT2D eigenvalue weighted by molar-refractivity contribution is -0.137. The molecule has 33 heavy (non-hydrogen) atoms. The number of amides is 1. The fourth-order valence-electron chi connectivity index (χ4n) is 3.48. The number of anilines is 1. The SMILES string of the molecule is COCC(=O)NC1CN(c2cnc(-c3ccc(C(F)(F)F)cc3F)c(-c3ccncc3)n2)C1. The minimum absolute atomic E-state index is 0.0319. The van der Waals surface area contributed by atoms with Gasteiger partial charge in [0.1, 0.15) is 18.2 Å². The van der Waals surface area contributed by atoms with Crippen LogP contribution < -0.4 is 10.2 Å². The molecule has 1 N–H and O–H groups in total. The number of ether oxygens (including phenoxy) is 1. The summed E-state index contributed by atoms with van der Waals surface area (Å²) in [4.78, 5) is 26.4. The van der Waals surface area contributed by atoms with E-state index in [0.29, 0.717) is 36.2 Å². The smallest absolute Gasteiger partial charge is 0.375 e. The van der Waals surface area contributed by atoms with Gasteiger partial charge in [-0.05, 0) is 30.3 Å². The number of pyridine rings is 1. The van der Waals surface area contributed by atoms with Gasteiger partial charge in [0.2, 0.25) is 5.91 Å². The number of nitrogens with one attached hydrogen (secondary N) is 1. The maximum absolute atomic E-state index is 14.7. The molecule has 0 bridgehead atoms. The maximum atomic E-state index is 14.7. The Balaban J connectivity index is 1.65. The van der Waals surface area contributed by atoms with Crippen LogP contribution in [0.4, 0.5) is 23.4 Å².